The number of likely N-dealkylation sites (N-methyl/N-ethyl adjacent to an activating group) is 1. The van der Waals surface area contributed by atoms with E-state index in [0.29, 0.717) is 17.8 Å². The number of hydrogen-bond acceptors (Lipinski definition) is 6. The fraction of sp³-hybridized carbons (Fsp3) is 0.269. The summed E-state index contributed by atoms with van der Waals surface area (Å²) in [5.74, 6) is -0.0438. The Balaban J connectivity index is 1.98. The maximum Gasteiger partial charge on any atom is 0.268 e. The van der Waals surface area contributed by atoms with Crippen LogP contribution in [0.3, 0.4) is 0 Å². The Kier molecular flexibility index (Phi) is 8.73. The molecule has 0 saturated carbocycles. The summed E-state index contributed by atoms with van der Waals surface area (Å²) in [6.07, 6.45) is 0. The van der Waals surface area contributed by atoms with Gasteiger partial charge in [0.2, 0.25) is 0 Å². The first-order valence-corrected chi connectivity index (χ1v) is 12.8. The normalized spacial score (nSPS) is 11.3. The van der Waals surface area contributed by atoms with Gasteiger partial charge in [-0.1, -0.05) is 32.0 Å². The predicted octanol–water partition coefficient (Wildman–Crippen LogP) is 4.00. The Labute approximate surface area is 206 Å². The molecule has 3 rings (SSSR count). The molecule has 0 aliphatic heterocycles. The number of nitrogens with zero attached hydrogens (tertiary/aromatic N) is 2. The van der Waals surface area contributed by atoms with Crippen LogP contribution in [0.15, 0.2) is 77.7 Å². The number of methoxy groups -OCH3 is 1. The summed E-state index contributed by atoms with van der Waals surface area (Å²) < 4.78 is 33.9. The fourth-order valence-corrected chi connectivity index (χ4v) is 5.17. The lowest BCUT2D eigenvalue weighted by molar-refractivity contribution is 0.0946. The zero-order chi connectivity index (χ0) is 25.4. The number of phenols is 1. The lowest BCUT2D eigenvalue weighted by Gasteiger charge is -2.25. The molecule has 0 saturated heterocycles. The van der Waals surface area contributed by atoms with Gasteiger partial charge in [-0.2, -0.15) is 0 Å². The van der Waals surface area contributed by atoms with Gasteiger partial charge >= 0.3 is 0 Å². The highest BCUT2D eigenvalue weighted by atomic mass is 32.2. The maximum absolute atomic E-state index is 13.6. The molecule has 0 aliphatic rings. The van der Waals surface area contributed by atoms with E-state index in [1.807, 2.05) is 0 Å². The van der Waals surface area contributed by atoms with Crippen LogP contribution in [-0.2, 0) is 10.0 Å². The minimum atomic E-state index is -4.02. The molecule has 0 radical (unpaired) electrons. The van der Waals surface area contributed by atoms with Crippen LogP contribution in [0.5, 0.6) is 11.5 Å². The number of amides is 1. The number of rotatable bonds is 11. The van der Waals surface area contributed by atoms with Gasteiger partial charge in [0, 0.05) is 19.2 Å². The fourth-order valence-electron chi connectivity index (χ4n) is 3.67. The van der Waals surface area contributed by atoms with Crippen molar-refractivity contribution in [1.82, 2.24) is 10.2 Å². The van der Waals surface area contributed by atoms with E-state index in [4.69, 9.17) is 4.74 Å². The van der Waals surface area contributed by atoms with E-state index in [1.54, 1.807) is 30.3 Å². The lowest BCUT2D eigenvalue weighted by Crippen LogP contribution is -2.35. The highest BCUT2D eigenvalue weighted by Crippen LogP contribution is 2.36. The first-order valence-electron chi connectivity index (χ1n) is 11.4. The number of phenolic OH excluding ortho intramolecular Hbond substituents is 1. The van der Waals surface area contributed by atoms with E-state index >= 15 is 0 Å². The van der Waals surface area contributed by atoms with Crippen molar-refractivity contribution in [3.8, 4) is 11.5 Å². The predicted molar refractivity (Wildman–Crippen MR) is 137 cm³/mol. The van der Waals surface area contributed by atoms with Crippen molar-refractivity contribution in [3.05, 3.63) is 78.4 Å². The Hall–Kier alpha value is -3.56. The standard InChI is InChI=1S/C26H31N3O5S/c1-4-28(5-2)18-17-27-26(31)24-16-13-21(19-25(24)34-3)29(20-11-14-22(30)15-12-20)35(32,33)23-9-7-6-8-10-23/h6-16,19,30H,4-5,17-18H2,1-3H3,(H,27,31). The number of sulfonamides is 1. The van der Waals surface area contributed by atoms with E-state index in [0.717, 1.165) is 23.9 Å². The Bertz CT molecular complexity index is 1230. The molecule has 0 aromatic heterocycles. The molecule has 0 spiro atoms. The third kappa shape index (κ3) is 6.12. The van der Waals surface area contributed by atoms with Gasteiger partial charge in [0.25, 0.3) is 15.9 Å². The molecule has 3 aromatic rings. The van der Waals surface area contributed by atoms with Gasteiger partial charge in [-0.25, -0.2) is 12.7 Å². The van der Waals surface area contributed by atoms with Gasteiger partial charge in [0.05, 0.1) is 28.9 Å². The summed E-state index contributed by atoms with van der Waals surface area (Å²) in [4.78, 5) is 15.1. The van der Waals surface area contributed by atoms with Gasteiger partial charge in [-0.3, -0.25) is 4.79 Å². The average molecular weight is 498 g/mol. The van der Waals surface area contributed by atoms with Crippen molar-refractivity contribution < 1.29 is 23.1 Å². The lowest BCUT2D eigenvalue weighted by atomic mass is 10.1. The number of carbonyl (C=O) groups excluding carboxylic acids is 1. The van der Waals surface area contributed by atoms with Crippen LogP contribution >= 0.6 is 0 Å². The number of benzene rings is 3. The van der Waals surface area contributed by atoms with E-state index in [1.165, 1.54) is 49.6 Å². The highest BCUT2D eigenvalue weighted by molar-refractivity contribution is 7.93. The van der Waals surface area contributed by atoms with Crippen LogP contribution < -0.4 is 14.4 Å². The smallest absolute Gasteiger partial charge is 0.268 e. The zero-order valence-corrected chi connectivity index (χ0v) is 21.0. The van der Waals surface area contributed by atoms with Crippen LogP contribution in [-0.4, -0.2) is 57.6 Å². The maximum atomic E-state index is 13.6. The number of anilines is 2. The van der Waals surface area contributed by atoms with E-state index in [-0.39, 0.29) is 28.0 Å². The number of carbonyl (C=O) groups is 1. The molecule has 35 heavy (non-hydrogen) atoms. The van der Waals surface area contributed by atoms with Crippen molar-refractivity contribution >= 4 is 27.3 Å². The average Bonchev–Trinajstić information content (AvgIpc) is 2.88. The summed E-state index contributed by atoms with van der Waals surface area (Å²) in [5, 5.41) is 12.6. The molecular weight excluding hydrogens is 466 g/mol. The van der Waals surface area contributed by atoms with E-state index < -0.39 is 10.0 Å². The second kappa shape index (κ2) is 11.7. The summed E-state index contributed by atoms with van der Waals surface area (Å²) in [6, 6.07) is 18.5. The van der Waals surface area contributed by atoms with Crippen LogP contribution in [0, 0.1) is 0 Å². The summed E-state index contributed by atoms with van der Waals surface area (Å²) in [5.41, 5.74) is 0.916. The number of nitrogens with one attached hydrogen (secondary N) is 1. The molecule has 2 N–H and O–H groups in total. The van der Waals surface area contributed by atoms with Crippen LogP contribution in [0.2, 0.25) is 0 Å². The molecule has 0 atom stereocenters. The number of aromatic hydroxyl groups is 1. The number of ether oxygens (including phenoxy) is 1. The highest BCUT2D eigenvalue weighted by Gasteiger charge is 2.28. The second-order valence-corrected chi connectivity index (χ2v) is 9.55. The number of hydrogen-bond donors (Lipinski definition) is 2. The Morgan fingerprint density at radius 2 is 1.57 bits per heavy atom. The van der Waals surface area contributed by atoms with Crippen LogP contribution in [0.4, 0.5) is 11.4 Å². The van der Waals surface area contributed by atoms with E-state index in [9.17, 15) is 18.3 Å². The van der Waals surface area contributed by atoms with Crippen molar-refractivity contribution in [1.29, 1.82) is 0 Å². The Morgan fingerprint density at radius 3 is 2.17 bits per heavy atom. The van der Waals surface area contributed by atoms with Crippen LogP contribution in [0.1, 0.15) is 24.2 Å². The molecule has 0 aliphatic carbocycles. The molecule has 9 heteroatoms. The molecule has 0 heterocycles. The molecule has 186 valence electrons. The first kappa shape index (κ1) is 26.1. The van der Waals surface area contributed by atoms with Crippen molar-refractivity contribution in [2.24, 2.45) is 0 Å². The SMILES string of the molecule is CCN(CC)CCNC(=O)c1ccc(N(c2ccc(O)cc2)S(=O)(=O)c2ccccc2)cc1OC. The minimum Gasteiger partial charge on any atom is -0.508 e. The van der Waals surface area contributed by atoms with Gasteiger partial charge < -0.3 is 20.1 Å². The molecule has 3 aromatic carbocycles. The molecule has 8 nitrogen and oxygen atoms in total. The summed E-state index contributed by atoms with van der Waals surface area (Å²) in [7, 11) is -2.58. The van der Waals surface area contributed by atoms with Gasteiger partial charge in [0.15, 0.2) is 0 Å². The zero-order valence-electron chi connectivity index (χ0n) is 20.1. The quantitative estimate of drug-likeness (QED) is 0.416. The van der Waals surface area contributed by atoms with Gasteiger partial charge in [0.1, 0.15) is 11.5 Å². The minimum absolute atomic E-state index is 0.0140. The van der Waals surface area contributed by atoms with Gasteiger partial charge in [-0.05, 0) is 61.6 Å². The Morgan fingerprint density at radius 1 is 0.943 bits per heavy atom. The van der Waals surface area contributed by atoms with Crippen molar-refractivity contribution in [2.75, 3.05) is 37.6 Å². The molecule has 0 bridgehead atoms. The molecule has 0 fully saturated rings. The monoisotopic (exact) mass is 497 g/mol. The van der Waals surface area contributed by atoms with E-state index in [2.05, 4.69) is 24.1 Å². The summed E-state index contributed by atoms with van der Waals surface area (Å²) in [6.45, 7) is 7.13. The molecule has 0 unspecified atom stereocenters. The third-order valence-electron chi connectivity index (χ3n) is 5.64. The first-order chi connectivity index (χ1) is 16.8. The summed E-state index contributed by atoms with van der Waals surface area (Å²) >= 11 is 0. The third-order valence-corrected chi connectivity index (χ3v) is 7.41. The largest absolute Gasteiger partial charge is 0.508 e. The van der Waals surface area contributed by atoms with Crippen LogP contribution in [0.25, 0.3) is 0 Å². The topological polar surface area (TPSA) is 99.2 Å². The van der Waals surface area contributed by atoms with Crippen molar-refractivity contribution in [3.63, 3.8) is 0 Å². The van der Waals surface area contributed by atoms with Crippen molar-refractivity contribution in [2.45, 2.75) is 18.7 Å². The molecular formula is C26H31N3O5S. The second-order valence-electron chi connectivity index (χ2n) is 7.77. The molecule has 1 amide bonds. The van der Waals surface area contributed by atoms with Gasteiger partial charge in [-0.15, -0.1) is 0 Å².